The number of nitrogens with one attached hydrogen (secondary N) is 1. The highest BCUT2D eigenvalue weighted by Gasteiger charge is 2.15. The molecule has 0 saturated heterocycles. The molecule has 0 aliphatic rings. The van der Waals surface area contributed by atoms with Crippen LogP contribution in [0, 0.1) is 0 Å². The van der Waals surface area contributed by atoms with E-state index in [0.717, 1.165) is 16.8 Å². The van der Waals surface area contributed by atoms with Crippen LogP contribution >= 0.6 is 0 Å². The van der Waals surface area contributed by atoms with E-state index in [4.69, 9.17) is 9.84 Å². The van der Waals surface area contributed by atoms with E-state index >= 15 is 0 Å². The van der Waals surface area contributed by atoms with Crippen molar-refractivity contribution in [3.8, 4) is 22.7 Å². The van der Waals surface area contributed by atoms with Gasteiger partial charge in [-0.1, -0.05) is 36.4 Å². The lowest BCUT2D eigenvalue weighted by Gasteiger charge is -2.06. The smallest absolute Gasteiger partial charge is 0.289 e. The first kappa shape index (κ1) is 19.1. The Labute approximate surface area is 173 Å². The summed E-state index contributed by atoms with van der Waals surface area (Å²) >= 11 is 0. The average molecular weight is 397 g/mol. The van der Waals surface area contributed by atoms with Crippen molar-refractivity contribution in [3.63, 3.8) is 0 Å². The van der Waals surface area contributed by atoms with Gasteiger partial charge in [0, 0.05) is 23.5 Å². The zero-order valence-electron chi connectivity index (χ0n) is 16.3. The first-order valence-corrected chi connectivity index (χ1v) is 9.29. The summed E-state index contributed by atoms with van der Waals surface area (Å²) < 4.78 is 7.27. The standard InChI is InChI=1S/C23H19N5O2/c1-30-21-13-6-5-11-19(21)22-17(16-28(27-22)18-9-3-2-4-10-18)15-25-26-23(29)20-12-7-8-14-24-20/h2-16H,1H3,(H,26,29)/b25-15-. The number of hydrogen-bond acceptors (Lipinski definition) is 5. The summed E-state index contributed by atoms with van der Waals surface area (Å²) in [5.74, 6) is 0.309. The molecule has 4 aromatic rings. The number of aromatic nitrogens is 3. The molecule has 0 bridgehead atoms. The van der Waals surface area contributed by atoms with E-state index in [1.165, 1.54) is 0 Å². The van der Waals surface area contributed by atoms with Gasteiger partial charge in [0.2, 0.25) is 0 Å². The Morgan fingerprint density at radius 2 is 1.80 bits per heavy atom. The van der Waals surface area contributed by atoms with Crippen molar-refractivity contribution < 1.29 is 9.53 Å². The van der Waals surface area contributed by atoms with E-state index in [2.05, 4.69) is 15.5 Å². The molecular formula is C23H19N5O2. The summed E-state index contributed by atoms with van der Waals surface area (Å²) in [5.41, 5.74) is 5.94. The Bertz CT molecular complexity index is 1170. The predicted molar refractivity (Wildman–Crippen MR) is 115 cm³/mol. The van der Waals surface area contributed by atoms with Gasteiger partial charge in [-0.05, 0) is 36.4 Å². The van der Waals surface area contributed by atoms with Gasteiger partial charge in [0.25, 0.3) is 5.91 Å². The van der Waals surface area contributed by atoms with E-state index < -0.39 is 0 Å². The molecule has 0 aliphatic carbocycles. The van der Waals surface area contributed by atoms with Crippen LogP contribution in [0.4, 0.5) is 0 Å². The number of nitrogens with zero attached hydrogens (tertiary/aromatic N) is 4. The summed E-state index contributed by atoms with van der Waals surface area (Å²) in [4.78, 5) is 16.2. The van der Waals surface area contributed by atoms with E-state index in [0.29, 0.717) is 17.1 Å². The van der Waals surface area contributed by atoms with Crippen molar-refractivity contribution in [1.29, 1.82) is 0 Å². The summed E-state index contributed by atoms with van der Waals surface area (Å²) in [5, 5.41) is 8.84. The molecule has 1 N–H and O–H groups in total. The van der Waals surface area contributed by atoms with E-state index in [-0.39, 0.29) is 5.91 Å². The Hall–Kier alpha value is -4.26. The largest absolute Gasteiger partial charge is 0.496 e. The minimum Gasteiger partial charge on any atom is -0.496 e. The van der Waals surface area contributed by atoms with Crippen LogP contribution in [-0.2, 0) is 0 Å². The molecule has 30 heavy (non-hydrogen) atoms. The van der Waals surface area contributed by atoms with Crippen LogP contribution in [0.15, 0.2) is 90.3 Å². The molecule has 2 aromatic heterocycles. The molecule has 2 aromatic carbocycles. The summed E-state index contributed by atoms with van der Waals surface area (Å²) in [7, 11) is 1.62. The molecule has 0 unspecified atom stereocenters. The minimum atomic E-state index is -0.388. The number of rotatable bonds is 6. The third kappa shape index (κ3) is 4.10. The third-order valence-corrected chi connectivity index (χ3v) is 4.39. The zero-order valence-corrected chi connectivity index (χ0v) is 16.3. The van der Waals surface area contributed by atoms with Gasteiger partial charge < -0.3 is 4.74 Å². The van der Waals surface area contributed by atoms with E-state index in [1.807, 2.05) is 60.8 Å². The zero-order chi connectivity index (χ0) is 20.8. The molecular weight excluding hydrogens is 378 g/mol. The summed E-state index contributed by atoms with van der Waals surface area (Å²) in [6.45, 7) is 0. The maximum absolute atomic E-state index is 12.2. The van der Waals surface area contributed by atoms with Crippen molar-refractivity contribution >= 4 is 12.1 Å². The molecule has 7 nitrogen and oxygen atoms in total. The van der Waals surface area contributed by atoms with Gasteiger partial charge in [0.15, 0.2) is 0 Å². The number of hydrazone groups is 1. The number of para-hydroxylation sites is 2. The number of carbonyl (C=O) groups excluding carboxylic acids is 1. The first-order valence-electron chi connectivity index (χ1n) is 9.29. The fourth-order valence-electron chi connectivity index (χ4n) is 2.96. The molecule has 0 aliphatic heterocycles. The van der Waals surface area contributed by atoms with Crippen molar-refractivity contribution in [2.45, 2.75) is 0 Å². The molecule has 2 heterocycles. The lowest BCUT2D eigenvalue weighted by Crippen LogP contribution is -2.18. The fraction of sp³-hybridized carbons (Fsp3) is 0.0435. The Balaban J connectivity index is 1.69. The molecule has 0 fully saturated rings. The monoisotopic (exact) mass is 397 g/mol. The van der Waals surface area contributed by atoms with Gasteiger partial charge in [-0.3, -0.25) is 9.78 Å². The average Bonchev–Trinajstić information content (AvgIpc) is 3.24. The fourth-order valence-corrected chi connectivity index (χ4v) is 2.96. The van der Waals surface area contributed by atoms with Gasteiger partial charge in [0.1, 0.15) is 17.1 Å². The Morgan fingerprint density at radius 3 is 2.57 bits per heavy atom. The van der Waals surface area contributed by atoms with Gasteiger partial charge in [-0.15, -0.1) is 0 Å². The van der Waals surface area contributed by atoms with E-state index in [9.17, 15) is 4.79 Å². The number of methoxy groups -OCH3 is 1. The number of carbonyl (C=O) groups is 1. The van der Waals surface area contributed by atoms with Crippen LogP contribution in [-0.4, -0.2) is 34.0 Å². The van der Waals surface area contributed by atoms with Crippen molar-refractivity contribution in [2.24, 2.45) is 5.10 Å². The maximum atomic E-state index is 12.2. The van der Waals surface area contributed by atoms with Crippen LogP contribution in [0.25, 0.3) is 16.9 Å². The molecule has 0 saturated carbocycles. The maximum Gasteiger partial charge on any atom is 0.289 e. The van der Waals surface area contributed by atoms with Crippen LogP contribution in [0.3, 0.4) is 0 Å². The van der Waals surface area contributed by atoms with Crippen molar-refractivity contribution in [3.05, 3.63) is 96.4 Å². The Kier molecular flexibility index (Phi) is 5.61. The van der Waals surface area contributed by atoms with Gasteiger partial charge in [0.05, 0.1) is 19.0 Å². The number of pyridine rings is 1. The van der Waals surface area contributed by atoms with Gasteiger partial charge in [-0.2, -0.15) is 10.2 Å². The Morgan fingerprint density at radius 1 is 1.03 bits per heavy atom. The number of hydrogen-bond donors (Lipinski definition) is 1. The van der Waals surface area contributed by atoms with Crippen LogP contribution in [0.2, 0.25) is 0 Å². The topological polar surface area (TPSA) is 81.4 Å². The highest BCUT2D eigenvalue weighted by Crippen LogP contribution is 2.31. The first-order chi connectivity index (χ1) is 14.8. The highest BCUT2D eigenvalue weighted by atomic mass is 16.5. The minimum absolute atomic E-state index is 0.291. The molecule has 1 amide bonds. The second-order valence-corrected chi connectivity index (χ2v) is 6.33. The van der Waals surface area contributed by atoms with Crippen molar-refractivity contribution in [1.82, 2.24) is 20.2 Å². The second kappa shape index (κ2) is 8.83. The van der Waals surface area contributed by atoms with Crippen LogP contribution < -0.4 is 10.2 Å². The number of ether oxygens (including phenoxy) is 1. The molecule has 4 rings (SSSR count). The lowest BCUT2D eigenvalue weighted by atomic mass is 10.1. The molecule has 148 valence electrons. The lowest BCUT2D eigenvalue weighted by molar-refractivity contribution is 0.0950. The highest BCUT2D eigenvalue weighted by molar-refractivity contribution is 5.94. The summed E-state index contributed by atoms with van der Waals surface area (Å²) in [6.07, 6.45) is 4.98. The predicted octanol–water partition coefficient (Wildman–Crippen LogP) is 3.71. The van der Waals surface area contributed by atoms with E-state index in [1.54, 1.807) is 42.4 Å². The van der Waals surface area contributed by atoms with Gasteiger partial charge in [-0.25, -0.2) is 10.1 Å². The number of amides is 1. The molecule has 0 spiro atoms. The van der Waals surface area contributed by atoms with Crippen LogP contribution in [0.5, 0.6) is 5.75 Å². The van der Waals surface area contributed by atoms with Crippen molar-refractivity contribution in [2.75, 3.05) is 7.11 Å². The van der Waals surface area contributed by atoms with Gasteiger partial charge >= 0.3 is 0 Å². The quantitative estimate of drug-likeness (QED) is 0.397. The third-order valence-electron chi connectivity index (χ3n) is 4.39. The normalized spacial score (nSPS) is 10.8. The molecule has 7 heteroatoms. The molecule has 0 radical (unpaired) electrons. The summed E-state index contributed by atoms with van der Waals surface area (Å²) in [6, 6.07) is 22.5. The SMILES string of the molecule is COc1ccccc1-c1nn(-c2ccccc2)cc1/C=N\NC(=O)c1ccccn1. The number of benzene rings is 2. The van der Waals surface area contributed by atoms with Crippen LogP contribution in [0.1, 0.15) is 16.1 Å². The second-order valence-electron chi connectivity index (χ2n) is 6.33. The molecule has 0 atom stereocenters.